The van der Waals surface area contributed by atoms with Gasteiger partial charge in [0, 0.05) is 19.6 Å². The summed E-state index contributed by atoms with van der Waals surface area (Å²) >= 11 is 1.49. The van der Waals surface area contributed by atoms with Crippen LogP contribution in [0.2, 0.25) is 0 Å². The summed E-state index contributed by atoms with van der Waals surface area (Å²) in [5, 5.41) is 5.02. The first-order valence-corrected chi connectivity index (χ1v) is 9.97. The highest BCUT2D eigenvalue weighted by atomic mass is 32.1. The van der Waals surface area contributed by atoms with Crippen LogP contribution in [0.4, 0.5) is 0 Å². The molecule has 0 bridgehead atoms. The van der Waals surface area contributed by atoms with E-state index in [-0.39, 0.29) is 5.91 Å². The smallest absolute Gasteiger partial charge is 0.261 e. The zero-order valence-corrected chi connectivity index (χ0v) is 16.0. The Morgan fingerprint density at radius 2 is 2.19 bits per heavy atom. The Bertz CT molecular complexity index is 710. The van der Waals surface area contributed by atoms with E-state index in [4.69, 9.17) is 4.74 Å². The van der Waals surface area contributed by atoms with Gasteiger partial charge in [-0.05, 0) is 54.4 Å². The molecule has 1 aliphatic heterocycles. The predicted molar refractivity (Wildman–Crippen MR) is 108 cm³/mol. The SMILES string of the molecule is COc1ccc(/C=C/CN2CCC[C@H](CNC(=O)c3cccs3)C2)cc1. The molecule has 5 heteroatoms. The van der Waals surface area contributed by atoms with E-state index in [1.54, 1.807) is 7.11 Å². The maximum absolute atomic E-state index is 12.1. The van der Waals surface area contributed by atoms with Gasteiger partial charge in [0.2, 0.25) is 0 Å². The van der Waals surface area contributed by atoms with Gasteiger partial charge < -0.3 is 10.1 Å². The summed E-state index contributed by atoms with van der Waals surface area (Å²) in [5.74, 6) is 1.46. The number of thiophene rings is 1. The molecule has 1 aliphatic rings. The number of hydrogen-bond acceptors (Lipinski definition) is 4. The number of carbonyl (C=O) groups excluding carboxylic acids is 1. The summed E-state index contributed by atoms with van der Waals surface area (Å²) in [6.07, 6.45) is 6.75. The number of nitrogens with one attached hydrogen (secondary N) is 1. The van der Waals surface area contributed by atoms with E-state index in [2.05, 4.69) is 34.5 Å². The minimum Gasteiger partial charge on any atom is -0.497 e. The molecule has 26 heavy (non-hydrogen) atoms. The number of ether oxygens (including phenoxy) is 1. The van der Waals surface area contributed by atoms with Crippen LogP contribution in [0.25, 0.3) is 6.08 Å². The van der Waals surface area contributed by atoms with Gasteiger partial charge in [0.05, 0.1) is 12.0 Å². The highest BCUT2D eigenvalue weighted by Crippen LogP contribution is 2.17. The van der Waals surface area contributed by atoms with E-state index < -0.39 is 0 Å². The first-order valence-electron chi connectivity index (χ1n) is 9.09. The van der Waals surface area contributed by atoms with Gasteiger partial charge in [0.15, 0.2) is 0 Å². The lowest BCUT2D eigenvalue weighted by Gasteiger charge is -2.32. The van der Waals surface area contributed by atoms with Crippen molar-refractivity contribution in [3.63, 3.8) is 0 Å². The maximum Gasteiger partial charge on any atom is 0.261 e. The lowest BCUT2D eigenvalue weighted by molar-refractivity contribution is 0.0939. The molecule has 2 heterocycles. The first-order chi connectivity index (χ1) is 12.7. The number of hydrogen-bond donors (Lipinski definition) is 1. The van der Waals surface area contributed by atoms with Gasteiger partial charge in [-0.1, -0.05) is 30.4 Å². The maximum atomic E-state index is 12.1. The normalized spacial score (nSPS) is 18.1. The highest BCUT2D eigenvalue weighted by Gasteiger charge is 2.19. The second-order valence-electron chi connectivity index (χ2n) is 6.63. The summed E-state index contributed by atoms with van der Waals surface area (Å²) < 4.78 is 5.18. The molecule has 1 N–H and O–H groups in total. The van der Waals surface area contributed by atoms with E-state index in [1.165, 1.54) is 29.7 Å². The number of rotatable bonds is 7. The number of benzene rings is 1. The third-order valence-corrected chi connectivity index (χ3v) is 5.56. The van der Waals surface area contributed by atoms with Gasteiger partial charge in [0.25, 0.3) is 5.91 Å². The van der Waals surface area contributed by atoms with Crippen molar-refractivity contribution >= 4 is 23.3 Å². The molecule has 1 atom stereocenters. The molecule has 1 aromatic heterocycles. The molecular weight excluding hydrogens is 344 g/mol. The number of carbonyl (C=O) groups is 1. The fraction of sp³-hybridized carbons (Fsp3) is 0.381. The van der Waals surface area contributed by atoms with E-state index in [1.807, 2.05) is 29.6 Å². The van der Waals surface area contributed by atoms with Crippen LogP contribution in [0.1, 0.15) is 28.1 Å². The fourth-order valence-corrected chi connectivity index (χ4v) is 3.91. The molecule has 4 nitrogen and oxygen atoms in total. The Kier molecular flexibility index (Phi) is 6.86. The predicted octanol–water partition coefficient (Wildman–Crippen LogP) is 3.91. The molecule has 0 spiro atoms. The average molecular weight is 371 g/mol. The van der Waals surface area contributed by atoms with Crippen LogP contribution >= 0.6 is 11.3 Å². The molecule has 1 saturated heterocycles. The van der Waals surface area contributed by atoms with Crippen LogP contribution in [0.5, 0.6) is 5.75 Å². The molecule has 1 aromatic carbocycles. The molecule has 1 amide bonds. The third-order valence-electron chi connectivity index (χ3n) is 4.69. The molecule has 0 unspecified atom stereocenters. The summed E-state index contributed by atoms with van der Waals surface area (Å²) in [5.41, 5.74) is 1.18. The fourth-order valence-electron chi connectivity index (χ4n) is 3.27. The van der Waals surface area contributed by atoms with Crippen LogP contribution in [0.15, 0.2) is 47.9 Å². The zero-order valence-electron chi connectivity index (χ0n) is 15.2. The number of likely N-dealkylation sites (tertiary alicyclic amines) is 1. The van der Waals surface area contributed by atoms with Crippen LogP contribution in [0.3, 0.4) is 0 Å². The van der Waals surface area contributed by atoms with Crippen molar-refractivity contribution in [2.24, 2.45) is 5.92 Å². The van der Waals surface area contributed by atoms with Crippen molar-refractivity contribution in [1.82, 2.24) is 10.2 Å². The van der Waals surface area contributed by atoms with E-state index in [0.29, 0.717) is 5.92 Å². The van der Waals surface area contributed by atoms with E-state index in [0.717, 1.165) is 36.8 Å². The third kappa shape index (κ3) is 5.44. The van der Waals surface area contributed by atoms with Gasteiger partial charge in [-0.2, -0.15) is 0 Å². The van der Waals surface area contributed by atoms with Crippen LogP contribution in [0, 0.1) is 5.92 Å². The summed E-state index contributed by atoms with van der Waals surface area (Å²) in [6.45, 7) is 3.87. The molecule has 0 aliphatic carbocycles. The number of methoxy groups -OCH3 is 1. The van der Waals surface area contributed by atoms with Crippen molar-refractivity contribution < 1.29 is 9.53 Å². The average Bonchev–Trinajstić information content (AvgIpc) is 3.22. The Hall–Kier alpha value is -2.11. The minimum atomic E-state index is 0.0523. The highest BCUT2D eigenvalue weighted by molar-refractivity contribution is 7.12. The molecule has 3 rings (SSSR count). The summed E-state index contributed by atoms with van der Waals surface area (Å²) in [4.78, 5) is 15.3. The minimum absolute atomic E-state index is 0.0523. The van der Waals surface area contributed by atoms with Gasteiger partial charge in [-0.3, -0.25) is 9.69 Å². The second kappa shape index (κ2) is 9.55. The Morgan fingerprint density at radius 1 is 1.35 bits per heavy atom. The van der Waals surface area contributed by atoms with Gasteiger partial charge in [-0.25, -0.2) is 0 Å². The zero-order chi connectivity index (χ0) is 18.2. The first kappa shape index (κ1) is 18.7. The van der Waals surface area contributed by atoms with E-state index >= 15 is 0 Å². The van der Waals surface area contributed by atoms with Crippen molar-refractivity contribution in [2.45, 2.75) is 12.8 Å². The molecule has 0 saturated carbocycles. The molecule has 138 valence electrons. The van der Waals surface area contributed by atoms with Gasteiger partial charge in [0.1, 0.15) is 5.75 Å². The van der Waals surface area contributed by atoms with Crippen LogP contribution < -0.4 is 10.1 Å². The van der Waals surface area contributed by atoms with Crippen molar-refractivity contribution in [1.29, 1.82) is 0 Å². The number of nitrogens with zero attached hydrogens (tertiary/aromatic N) is 1. The van der Waals surface area contributed by atoms with E-state index in [9.17, 15) is 4.79 Å². The quantitative estimate of drug-likeness (QED) is 0.803. The Labute approximate surface area is 159 Å². The van der Waals surface area contributed by atoms with Crippen LogP contribution in [-0.4, -0.2) is 44.1 Å². The van der Waals surface area contributed by atoms with Gasteiger partial charge in [-0.15, -0.1) is 11.3 Å². The monoisotopic (exact) mass is 370 g/mol. The molecule has 1 fully saturated rings. The van der Waals surface area contributed by atoms with Crippen molar-refractivity contribution in [2.75, 3.05) is 33.3 Å². The topological polar surface area (TPSA) is 41.6 Å². The van der Waals surface area contributed by atoms with Crippen molar-refractivity contribution in [3.05, 3.63) is 58.3 Å². The number of piperidine rings is 1. The lowest BCUT2D eigenvalue weighted by Crippen LogP contribution is -2.40. The summed E-state index contributed by atoms with van der Waals surface area (Å²) in [6, 6.07) is 11.9. The molecule has 0 radical (unpaired) electrons. The Morgan fingerprint density at radius 3 is 2.92 bits per heavy atom. The van der Waals surface area contributed by atoms with Gasteiger partial charge >= 0.3 is 0 Å². The number of amides is 1. The molecule has 2 aromatic rings. The molecular formula is C21H26N2O2S. The largest absolute Gasteiger partial charge is 0.497 e. The lowest BCUT2D eigenvalue weighted by atomic mass is 9.98. The van der Waals surface area contributed by atoms with Crippen LogP contribution in [-0.2, 0) is 0 Å². The Balaban J connectivity index is 1.42. The summed E-state index contributed by atoms with van der Waals surface area (Å²) in [7, 11) is 1.68. The van der Waals surface area contributed by atoms with Crippen molar-refractivity contribution in [3.8, 4) is 5.75 Å². The standard InChI is InChI=1S/C21H26N2O2S/c1-25-19-10-8-17(9-11-19)5-2-12-23-13-3-6-18(16-23)15-22-21(24)20-7-4-14-26-20/h2,4-5,7-11,14,18H,3,6,12-13,15-16H2,1H3,(H,22,24)/b5-2+/t18-/m1/s1. The second-order valence-corrected chi connectivity index (χ2v) is 7.58.